The van der Waals surface area contributed by atoms with E-state index >= 15 is 0 Å². The molecule has 1 aromatic rings. The molecule has 29 heavy (non-hydrogen) atoms. The summed E-state index contributed by atoms with van der Waals surface area (Å²) in [5.41, 5.74) is 5.37. The first kappa shape index (κ1) is 23.0. The Morgan fingerprint density at radius 2 is 1.97 bits per heavy atom. The van der Waals surface area contributed by atoms with Gasteiger partial charge in [-0.2, -0.15) is 0 Å². The number of hydrogen-bond acceptors (Lipinski definition) is 4. The molecule has 2 heterocycles. The van der Waals surface area contributed by atoms with Crippen LogP contribution in [-0.4, -0.2) is 55.3 Å². The second-order valence-corrected chi connectivity index (χ2v) is 7.20. The van der Waals surface area contributed by atoms with Gasteiger partial charge in [0.1, 0.15) is 11.6 Å². The molecule has 3 N–H and O–H groups in total. The third kappa shape index (κ3) is 5.22. The molecule has 3 rings (SSSR count). The van der Waals surface area contributed by atoms with E-state index in [1.165, 1.54) is 11.0 Å². The summed E-state index contributed by atoms with van der Waals surface area (Å²) in [7, 11) is 0. The first-order valence-electron chi connectivity index (χ1n) is 9.42. The Kier molecular flexibility index (Phi) is 7.92. The largest absolute Gasteiger partial charge is 0.355 e. The normalized spacial score (nSPS) is 21.7. The zero-order chi connectivity index (χ0) is 20.3. The van der Waals surface area contributed by atoms with E-state index in [1.807, 2.05) is 0 Å². The fourth-order valence-corrected chi connectivity index (χ4v) is 3.80. The van der Waals surface area contributed by atoms with Crippen LogP contribution < -0.4 is 16.0 Å². The highest BCUT2D eigenvalue weighted by atomic mass is 35.5. The molecule has 160 valence electrons. The number of benzene rings is 1. The molecule has 2 saturated heterocycles. The molecule has 0 bridgehead atoms. The summed E-state index contributed by atoms with van der Waals surface area (Å²) >= 11 is 0. The second-order valence-electron chi connectivity index (χ2n) is 7.20. The van der Waals surface area contributed by atoms with Crippen molar-refractivity contribution in [3.05, 3.63) is 29.8 Å². The highest BCUT2D eigenvalue weighted by Gasteiger charge is 2.39. The summed E-state index contributed by atoms with van der Waals surface area (Å²) in [6.45, 7) is 1.60. The topological polar surface area (TPSA) is 95.7 Å². The lowest BCUT2D eigenvalue weighted by Crippen LogP contribution is -2.48. The summed E-state index contributed by atoms with van der Waals surface area (Å²) in [6, 6.07) is 3.00. The molecule has 2 fully saturated rings. The third-order valence-corrected chi connectivity index (χ3v) is 5.22. The van der Waals surface area contributed by atoms with E-state index < -0.39 is 17.6 Å². The summed E-state index contributed by atoms with van der Waals surface area (Å²) < 4.78 is 27.1. The van der Waals surface area contributed by atoms with Crippen LogP contribution in [0.15, 0.2) is 18.2 Å². The SMILES string of the molecule is Cl.NCCNC(=O)C1CCCN(C(=O)C2CC(=O)N(c3ccc(F)cc3F)C2)C1. The summed E-state index contributed by atoms with van der Waals surface area (Å²) in [5.74, 6) is -3.19. The molecule has 0 spiro atoms. The van der Waals surface area contributed by atoms with Gasteiger partial charge in [0.15, 0.2) is 0 Å². The quantitative estimate of drug-likeness (QED) is 0.730. The van der Waals surface area contributed by atoms with Crippen molar-refractivity contribution >= 4 is 35.8 Å². The first-order valence-corrected chi connectivity index (χ1v) is 9.42. The van der Waals surface area contributed by atoms with E-state index in [9.17, 15) is 23.2 Å². The average Bonchev–Trinajstić information content (AvgIpc) is 3.07. The number of carbonyl (C=O) groups is 3. The van der Waals surface area contributed by atoms with Crippen LogP contribution in [0.3, 0.4) is 0 Å². The summed E-state index contributed by atoms with van der Waals surface area (Å²) in [6.07, 6.45) is 1.36. The van der Waals surface area contributed by atoms with Gasteiger partial charge in [0, 0.05) is 45.2 Å². The van der Waals surface area contributed by atoms with E-state index in [2.05, 4.69) is 5.32 Å². The van der Waals surface area contributed by atoms with Gasteiger partial charge in [0.2, 0.25) is 17.7 Å². The molecular weight excluding hydrogens is 406 g/mol. The zero-order valence-corrected chi connectivity index (χ0v) is 16.7. The molecule has 2 unspecified atom stereocenters. The number of nitrogens with zero attached hydrogens (tertiary/aromatic N) is 2. The number of anilines is 1. The van der Waals surface area contributed by atoms with Crippen molar-refractivity contribution in [2.75, 3.05) is 37.6 Å². The van der Waals surface area contributed by atoms with Gasteiger partial charge in [-0.1, -0.05) is 0 Å². The van der Waals surface area contributed by atoms with Crippen molar-refractivity contribution in [1.29, 1.82) is 0 Å². The maximum atomic E-state index is 14.0. The van der Waals surface area contributed by atoms with Crippen LogP contribution in [0.4, 0.5) is 14.5 Å². The molecule has 0 saturated carbocycles. The monoisotopic (exact) mass is 430 g/mol. The maximum Gasteiger partial charge on any atom is 0.228 e. The Labute approximate surface area is 174 Å². The minimum Gasteiger partial charge on any atom is -0.355 e. The molecule has 0 radical (unpaired) electrons. The highest BCUT2D eigenvalue weighted by Crippen LogP contribution is 2.30. The minimum absolute atomic E-state index is 0. The van der Waals surface area contributed by atoms with Gasteiger partial charge < -0.3 is 20.9 Å². The number of piperidine rings is 1. The fourth-order valence-electron chi connectivity index (χ4n) is 3.80. The predicted octanol–water partition coefficient (Wildman–Crippen LogP) is 1.05. The molecule has 7 nitrogen and oxygen atoms in total. The molecule has 3 amide bonds. The van der Waals surface area contributed by atoms with Crippen molar-refractivity contribution in [3.63, 3.8) is 0 Å². The number of halogens is 3. The second kappa shape index (κ2) is 9.98. The van der Waals surface area contributed by atoms with Gasteiger partial charge in [-0.05, 0) is 25.0 Å². The lowest BCUT2D eigenvalue weighted by atomic mass is 9.95. The molecular formula is C19H25ClF2N4O3. The molecule has 2 atom stereocenters. The molecule has 0 aromatic heterocycles. The third-order valence-electron chi connectivity index (χ3n) is 5.22. The van der Waals surface area contributed by atoms with Crippen LogP contribution in [0.1, 0.15) is 19.3 Å². The number of amides is 3. The smallest absolute Gasteiger partial charge is 0.228 e. The average molecular weight is 431 g/mol. The number of hydrogen-bond donors (Lipinski definition) is 2. The van der Waals surface area contributed by atoms with Gasteiger partial charge in [-0.3, -0.25) is 14.4 Å². The van der Waals surface area contributed by atoms with Crippen LogP contribution in [0.25, 0.3) is 0 Å². The van der Waals surface area contributed by atoms with Crippen LogP contribution in [-0.2, 0) is 14.4 Å². The number of carbonyl (C=O) groups excluding carboxylic acids is 3. The van der Waals surface area contributed by atoms with Gasteiger partial charge in [0.25, 0.3) is 0 Å². The molecule has 1 aromatic carbocycles. The number of nitrogens with one attached hydrogen (secondary N) is 1. The number of rotatable bonds is 5. The molecule has 2 aliphatic heterocycles. The van der Waals surface area contributed by atoms with Crippen LogP contribution in [0.5, 0.6) is 0 Å². The van der Waals surface area contributed by atoms with Gasteiger partial charge >= 0.3 is 0 Å². The Balaban J connectivity index is 0.00000300. The Bertz CT molecular complexity index is 780. The molecule has 10 heteroatoms. The van der Waals surface area contributed by atoms with Gasteiger partial charge in [-0.15, -0.1) is 12.4 Å². The van der Waals surface area contributed by atoms with Gasteiger partial charge in [0.05, 0.1) is 17.5 Å². The standard InChI is InChI=1S/C19H24F2N4O3.ClH/c20-14-3-4-16(15(21)9-14)25-11-13(8-17(25)26)19(28)24-7-1-2-12(10-24)18(27)23-6-5-22;/h3-4,9,12-13H,1-2,5-8,10-11,22H2,(H,23,27);1H. The van der Waals surface area contributed by atoms with E-state index in [1.54, 1.807) is 4.90 Å². The minimum atomic E-state index is -0.837. The van der Waals surface area contributed by atoms with E-state index in [4.69, 9.17) is 5.73 Å². The zero-order valence-electron chi connectivity index (χ0n) is 15.9. The van der Waals surface area contributed by atoms with Crippen molar-refractivity contribution in [1.82, 2.24) is 10.2 Å². The van der Waals surface area contributed by atoms with Crippen molar-refractivity contribution < 1.29 is 23.2 Å². The highest BCUT2D eigenvalue weighted by molar-refractivity contribution is 6.00. The molecule has 0 aliphatic carbocycles. The van der Waals surface area contributed by atoms with Crippen molar-refractivity contribution in [2.24, 2.45) is 17.6 Å². The Morgan fingerprint density at radius 1 is 1.21 bits per heavy atom. The lowest BCUT2D eigenvalue weighted by Gasteiger charge is -2.33. The first-order chi connectivity index (χ1) is 13.4. The molecule has 2 aliphatic rings. The van der Waals surface area contributed by atoms with Crippen LogP contribution >= 0.6 is 12.4 Å². The van der Waals surface area contributed by atoms with Crippen molar-refractivity contribution in [2.45, 2.75) is 19.3 Å². The number of likely N-dealkylation sites (tertiary alicyclic amines) is 1. The fraction of sp³-hybridized carbons (Fsp3) is 0.526. The summed E-state index contributed by atoms with van der Waals surface area (Å²) in [5, 5.41) is 2.74. The van der Waals surface area contributed by atoms with Crippen molar-refractivity contribution in [3.8, 4) is 0 Å². The lowest BCUT2D eigenvalue weighted by molar-refractivity contribution is -0.139. The Morgan fingerprint density at radius 3 is 2.66 bits per heavy atom. The maximum absolute atomic E-state index is 14.0. The van der Waals surface area contributed by atoms with E-state index in [-0.39, 0.29) is 54.7 Å². The predicted molar refractivity (Wildman–Crippen MR) is 105 cm³/mol. The van der Waals surface area contributed by atoms with Crippen LogP contribution in [0, 0.1) is 23.5 Å². The number of nitrogens with two attached hydrogens (primary N) is 1. The summed E-state index contributed by atoms with van der Waals surface area (Å²) in [4.78, 5) is 40.2. The van der Waals surface area contributed by atoms with Crippen LogP contribution in [0.2, 0.25) is 0 Å². The van der Waals surface area contributed by atoms with E-state index in [0.29, 0.717) is 45.1 Å². The van der Waals surface area contributed by atoms with E-state index in [0.717, 1.165) is 6.07 Å². The van der Waals surface area contributed by atoms with Gasteiger partial charge in [-0.25, -0.2) is 8.78 Å². The Hall–Kier alpha value is -2.26.